The van der Waals surface area contributed by atoms with Gasteiger partial charge in [-0.1, -0.05) is 12.1 Å². The summed E-state index contributed by atoms with van der Waals surface area (Å²) in [5.41, 5.74) is 0.755. The normalized spacial score (nSPS) is 12.8. The maximum Gasteiger partial charge on any atom is 0.316 e. The van der Waals surface area contributed by atoms with Crippen LogP contribution in [-0.4, -0.2) is 37.2 Å². The van der Waals surface area contributed by atoms with E-state index >= 15 is 0 Å². The van der Waals surface area contributed by atoms with Crippen molar-refractivity contribution in [2.24, 2.45) is 0 Å². The summed E-state index contributed by atoms with van der Waals surface area (Å²) < 4.78 is 10.4. The third-order valence-corrected chi connectivity index (χ3v) is 3.80. The zero-order valence-electron chi connectivity index (χ0n) is 13.4. The second-order valence-corrected chi connectivity index (χ2v) is 6.75. The molecule has 1 aromatic rings. The SMILES string of the molecule is CNC(CSCC(=O)OC(C)(C)C)c1ccc(OC)cc1. The topological polar surface area (TPSA) is 47.6 Å². The number of nitrogens with one attached hydrogen (secondary N) is 1. The van der Waals surface area contributed by atoms with Gasteiger partial charge in [-0.15, -0.1) is 11.8 Å². The molecule has 1 rings (SSSR count). The standard InChI is InChI=1S/C16H25NO3S/c1-16(2,3)20-15(18)11-21-10-14(17-4)12-6-8-13(19-5)9-7-12/h6-9,14,17H,10-11H2,1-5H3. The van der Waals surface area contributed by atoms with E-state index in [9.17, 15) is 4.79 Å². The molecule has 0 aliphatic carbocycles. The summed E-state index contributed by atoms with van der Waals surface area (Å²) in [6.07, 6.45) is 0. The first-order valence-electron chi connectivity index (χ1n) is 6.96. The minimum absolute atomic E-state index is 0.169. The molecule has 1 atom stereocenters. The molecule has 0 radical (unpaired) electrons. The molecule has 0 aliphatic heterocycles. The van der Waals surface area contributed by atoms with Gasteiger partial charge in [0.25, 0.3) is 0 Å². The molecule has 0 saturated heterocycles. The molecule has 4 nitrogen and oxygen atoms in total. The van der Waals surface area contributed by atoms with Crippen LogP contribution in [0.2, 0.25) is 0 Å². The predicted molar refractivity (Wildman–Crippen MR) is 88.0 cm³/mol. The summed E-state index contributed by atoms with van der Waals surface area (Å²) in [6.45, 7) is 5.63. The van der Waals surface area contributed by atoms with E-state index in [0.29, 0.717) is 5.75 Å². The number of methoxy groups -OCH3 is 1. The molecule has 0 aliphatic rings. The number of rotatable bonds is 7. The molecule has 0 heterocycles. The first-order valence-corrected chi connectivity index (χ1v) is 8.12. The van der Waals surface area contributed by atoms with Crippen molar-refractivity contribution in [1.82, 2.24) is 5.32 Å². The van der Waals surface area contributed by atoms with Crippen LogP contribution in [0.15, 0.2) is 24.3 Å². The molecular formula is C16H25NO3S. The number of thioether (sulfide) groups is 1. The minimum atomic E-state index is -0.421. The smallest absolute Gasteiger partial charge is 0.316 e. The third kappa shape index (κ3) is 6.87. The fourth-order valence-corrected chi connectivity index (χ4v) is 2.75. The summed E-state index contributed by atoms with van der Waals surface area (Å²) in [7, 11) is 3.57. The molecule has 0 fully saturated rings. The summed E-state index contributed by atoms with van der Waals surface area (Å²) in [5, 5.41) is 3.26. The van der Waals surface area contributed by atoms with Crippen molar-refractivity contribution in [1.29, 1.82) is 0 Å². The number of carbonyl (C=O) groups is 1. The summed E-state index contributed by atoms with van der Waals surface area (Å²) >= 11 is 1.57. The molecule has 0 spiro atoms. The average molecular weight is 311 g/mol. The molecule has 0 bridgehead atoms. The molecule has 0 amide bonds. The maximum atomic E-state index is 11.7. The number of carbonyl (C=O) groups excluding carboxylic acids is 1. The van der Waals surface area contributed by atoms with Gasteiger partial charge in [0, 0.05) is 11.8 Å². The van der Waals surface area contributed by atoms with E-state index in [1.807, 2.05) is 52.1 Å². The van der Waals surface area contributed by atoms with Gasteiger partial charge < -0.3 is 14.8 Å². The lowest BCUT2D eigenvalue weighted by molar-refractivity contribution is -0.151. The highest BCUT2D eigenvalue weighted by atomic mass is 32.2. The predicted octanol–water partition coefficient (Wildman–Crippen LogP) is 3.03. The second-order valence-electron chi connectivity index (χ2n) is 5.72. The first-order chi connectivity index (χ1) is 9.85. The molecule has 1 unspecified atom stereocenters. The molecule has 21 heavy (non-hydrogen) atoms. The number of hydrogen-bond donors (Lipinski definition) is 1. The Balaban J connectivity index is 2.45. The number of benzene rings is 1. The van der Waals surface area contributed by atoms with Crippen LogP contribution in [0.4, 0.5) is 0 Å². The van der Waals surface area contributed by atoms with Crippen LogP contribution in [0.3, 0.4) is 0 Å². The summed E-state index contributed by atoms with van der Waals surface area (Å²) in [4.78, 5) is 11.7. The number of hydrogen-bond acceptors (Lipinski definition) is 5. The highest BCUT2D eigenvalue weighted by molar-refractivity contribution is 7.99. The van der Waals surface area contributed by atoms with E-state index in [1.165, 1.54) is 5.56 Å². The Hall–Kier alpha value is -1.20. The molecule has 0 saturated carbocycles. The van der Waals surface area contributed by atoms with Gasteiger partial charge >= 0.3 is 5.97 Å². The van der Waals surface area contributed by atoms with E-state index in [-0.39, 0.29) is 12.0 Å². The largest absolute Gasteiger partial charge is 0.497 e. The highest BCUT2D eigenvalue weighted by Gasteiger charge is 2.17. The molecule has 1 aromatic carbocycles. The summed E-state index contributed by atoms with van der Waals surface area (Å²) in [5.74, 6) is 1.85. The van der Waals surface area contributed by atoms with Crippen molar-refractivity contribution >= 4 is 17.7 Å². The molecular weight excluding hydrogens is 286 g/mol. The number of esters is 1. The Kier molecular flexibility index (Phi) is 7.05. The Bertz CT molecular complexity index is 440. The minimum Gasteiger partial charge on any atom is -0.497 e. The van der Waals surface area contributed by atoms with Crippen LogP contribution in [-0.2, 0) is 9.53 Å². The first kappa shape index (κ1) is 17.9. The van der Waals surface area contributed by atoms with E-state index in [4.69, 9.17) is 9.47 Å². The van der Waals surface area contributed by atoms with Gasteiger partial charge in [-0.05, 0) is 45.5 Å². The van der Waals surface area contributed by atoms with E-state index < -0.39 is 5.60 Å². The van der Waals surface area contributed by atoms with Gasteiger partial charge in [0.2, 0.25) is 0 Å². The summed E-state index contributed by atoms with van der Waals surface area (Å²) in [6, 6.07) is 8.15. The molecule has 5 heteroatoms. The van der Waals surface area contributed by atoms with Crippen molar-refractivity contribution in [2.45, 2.75) is 32.4 Å². The fraction of sp³-hybridized carbons (Fsp3) is 0.562. The Morgan fingerprint density at radius 1 is 1.29 bits per heavy atom. The van der Waals surface area contributed by atoms with Crippen LogP contribution < -0.4 is 10.1 Å². The van der Waals surface area contributed by atoms with Gasteiger partial charge in [0.15, 0.2) is 0 Å². The third-order valence-electron chi connectivity index (χ3n) is 2.79. The van der Waals surface area contributed by atoms with Crippen molar-refractivity contribution in [2.75, 3.05) is 25.7 Å². The maximum absolute atomic E-state index is 11.7. The monoisotopic (exact) mass is 311 g/mol. The van der Waals surface area contributed by atoms with Crippen molar-refractivity contribution in [3.05, 3.63) is 29.8 Å². The second kappa shape index (κ2) is 8.29. The van der Waals surface area contributed by atoms with Crippen LogP contribution in [0.25, 0.3) is 0 Å². The van der Waals surface area contributed by atoms with Crippen LogP contribution >= 0.6 is 11.8 Å². The van der Waals surface area contributed by atoms with E-state index in [0.717, 1.165) is 11.5 Å². The quantitative estimate of drug-likeness (QED) is 0.784. The molecule has 1 N–H and O–H groups in total. The molecule has 0 aromatic heterocycles. The van der Waals surface area contributed by atoms with E-state index in [1.54, 1.807) is 18.9 Å². The Morgan fingerprint density at radius 2 is 1.90 bits per heavy atom. The Morgan fingerprint density at radius 3 is 2.38 bits per heavy atom. The van der Waals surface area contributed by atoms with Gasteiger partial charge in [-0.2, -0.15) is 0 Å². The van der Waals surface area contributed by atoms with Crippen LogP contribution in [0.1, 0.15) is 32.4 Å². The van der Waals surface area contributed by atoms with Crippen molar-refractivity contribution in [3.8, 4) is 5.75 Å². The Labute approximate surface area is 131 Å². The van der Waals surface area contributed by atoms with Gasteiger partial charge in [-0.3, -0.25) is 4.79 Å². The lowest BCUT2D eigenvalue weighted by atomic mass is 10.1. The lowest BCUT2D eigenvalue weighted by Crippen LogP contribution is -2.25. The van der Waals surface area contributed by atoms with Gasteiger partial charge in [0.1, 0.15) is 11.4 Å². The van der Waals surface area contributed by atoms with Crippen molar-refractivity contribution < 1.29 is 14.3 Å². The highest BCUT2D eigenvalue weighted by Crippen LogP contribution is 2.21. The van der Waals surface area contributed by atoms with Crippen LogP contribution in [0.5, 0.6) is 5.75 Å². The van der Waals surface area contributed by atoms with Crippen molar-refractivity contribution in [3.63, 3.8) is 0 Å². The molecule has 118 valence electrons. The average Bonchev–Trinajstić information content (AvgIpc) is 2.42. The zero-order valence-corrected chi connectivity index (χ0v) is 14.3. The van der Waals surface area contributed by atoms with E-state index in [2.05, 4.69) is 5.32 Å². The van der Waals surface area contributed by atoms with Crippen LogP contribution in [0, 0.1) is 0 Å². The fourth-order valence-electron chi connectivity index (χ4n) is 1.81. The zero-order chi connectivity index (χ0) is 15.9. The lowest BCUT2D eigenvalue weighted by Gasteiger charge is -2.20. The number of ether oxygens (including phenoxy) is 2. The van der Waals surface area contributed by atoms with Gasteiger partial charge in [0.05, 0.1) is 12.9 Å². The van der Waals surface area contributed by atoms with Gasteiger partial charge in [-0.25, -0.2) is 0 Å².